The largest absolute Gasteiger partial charge is 0.457 e. The second kappa shape index (κ2) is 6.04. The summed E-state index contributed by atoms with van der Waals surface area (Å²) in [5, 5.41) is 2.23. The average Bonchev–Trinajstić information content (AvgIpc) is 2.47. The number of imide groups is 1. The fourth-order valence-electron chi connectivity index (χ4n) is 2.23. The molecule has 0 aliphatic carbocycles. The van der Waals surface area contributed by atoms with Gasteiger partial charge in [0, 0.05) is 36.9 Å². The maximum Gasteiger partial charge on any atom is 0.328 e. The van der Waals surface area contributed by atoms with Crippen LogP contribution in [0.3, 0.4) is 0 Å². The summed E-state index contributed by atoms with van der Waals surface area (Å²) in [7, 11) is 0. The van der Waals surface area contributed by atoms with E-state index in [2.05, 4.69) is 5.32 Å². The highest BCUT2D eigenvalue weighted by atomic mass is 19.1. The van der Waals surface area contributed by atoms with Crippen molar-refractivity contribution >= 4 is 17.6 Å². The summed E-state index contributed by atoms with van der Waals surface area (Å²) in [5.41, 5.74) is 0.591. The van der Waals surface area contributed by atoms with Gasteiger partial charge in [0.15, 0.2) is 0 Å². The molecule has 0 bridgehead atoms. The SMILES string of the molecule is O=C1CCN(c2ccc(Oc3cc(F)cc(F)c3)cc2)C(=O)N1. The Morgan fingerprint density at radius 1 is 0.957 bits per heavy atom. The van der Waals surface area contributed by atoms with Crippen molar-refractivity contribution in [3.8, 4) is 11.5 Å². The summed E-state index contributed by atoms with van der Waals surface area (Å²) in [6.07, 6.45) is 0.229. The molecule has 0 atom stereocenters. The number of rotatable bonds is 3. The number of nitrogens with one attached hydrogen (secondary N) is 1. The first-order chi connectivity index (χ1) is 11.0. The Morgan fingerprint density at radius 2 is 1.61 bits per heavy atom. The van der Waals surface area contributed by atoms with Crippen molar-refractivity contribution in [2.75, 3.05) is 11.4 Å². The van der Waals surface area contributed by atoms with E-state index in [1.165, 1.54) is 4.90 Å². The quantitative estimate of drug-likeness (QED) is 0.945. The molecular formula is C16H12F2N2O3. The molecule has 0 unspecified atom stereocenters. The molecule has 1 heterocycles. The van der Waals surface area contributed by atoms with Crippen LogP contribution in [0.4, 0.5) is 19.3 Å². The Morgan fingerprint density at radius 3 is 2.22 bits per heavy atom. The molecule has 1 N–H and O–H groups in total. The van der Waals surface area contributed by atoms with Gasteiger partial charge in [-0.25, -0.2) is 13.6 Å². The third-order valence-corrected chi connectivity index (χ3v) is 3.27. The Hall–Kier alpha value is -2.96. The summed E-state index contributed by atoms with van der Waals surface area (Å²) in [6.45, 7) is 0.292. The number of urea groups is 1. The predicted molar refractivity (Wildman–Crippen MR) is 78.4 cm³/mol. The number of carbonyl (C=O) groups excluding carboxylic acids is 2. The van der Waals surface area contributed by atoms with Crippen molar-refractivity contribution in [1.82, 2.24) is 5.32 Å². The number of ether oxygens (including phenoxy) is 1. The predicted octanol–water partition coefficient (Wildman–Crippen LogP) is 3.20. The summed E-state index contributed by atoms with van der Waals surface area (Å²) in [4.78, 5) is 24.3. The number of nitrogens with zero attached hydrogens (tertiary/aromatic N) is 1. The first-order valence-electron chi connectivity index (χ1n) is 6.86. The van der Waals surface area contributed by atoms with Gasteiger partial charge in [-0.2, -0.15) is 0 Å². The molecular weight excluding hydrogens is 306 g/mol. The topological polar surface area (TPSA) is 58.6 Å². The maximum absolute atomic E-state index is 13.1. The molecule has 7 heteroatoms. The van der Waals surface area contributed by atoms with E-state index < -0.39 is 17.7 Å². The van der Waals surface area contributed by atoms with Crippen molar-refractivity contribution in [2.24, 2.45) is 0 Å². The van der Waals surface area contributed by atoms with Gasteiger partial charge in [-0.1, -0.05) is 0 Å². The molecule has 1 fully saturated rings. The summed E-state index contributed by atoms with van der Waals surface area (Å²) in [6, 6.07) is 8.81. The van der Waals surface area contributed by atoms with Crippen LogP contribution in [0.5, 0.6) is 11.5 Å². The van der Waals surface area contributed by atoms with Gasteiger partial charge in [0.05, 0.1) is 0 Å². The lowest BCUT2D eigenvalue weighted by Crippen LogP contribution is -2.49. The normalized spacial score (nSPS) is 14.6. The number of carbonyl (C=O) groups is 2. The van der Waals surface area contributed by atoms with Crippen LogP contribution in [0, 0.1) is 11.6 Å². The standard InChI is InChI=1S/C16H12F2N2O3/c17-10-7-11(18)9-14(8-10)23-13-3-1-12(2-4-13)20-6-5-15(21)19-16(20)22/h1-4,7-9H,5-6H2,(H,19,21,22). The molecule has 118 valence electrons. The smallest absolute Gasteiger partial charge is 0.328 e. The van der Waals surface area contributed by atoms with Crippen LogP contribution in [0.2, 0.25) is 0 Å². The van der Waals surface area contributed by atoms with Gasteiger partial charge in [0.1, 0.15) is 23.1 Å². The van der Waals surface area contributed by atoms with E-state index >= 15 is 0 Å². The zero-order chi connectivity index (χ0) is 16.4. The highest BCUT2D eigenvalue weighted by Gasteiger charge is 2.23. The second-order valence-corrected chi connectivity index (χ2v) is 4.96. The molecule has 2 aromatic rings. The number of hydrogen-bond acceptors (Lipinski definition) is 3. The van der Waals surface area contributed by atoms with Crippen LogP contribution in [-0.2, 0) is 4.79 Å². The van der Waals surface area contributed by atoms with E-state index in [9.17, 15) is 18.4 Å². The Kier molecular flexibility index (Phi) is 3.92. The lowest BCUT2D eigenvalue weighted by atomic mass is 10.2. The van der Waals surface area contributed by atoms with E-state index in [4.69, 9.17) is 4.74 Å². The zero-order valence-corrected chi connectivity index (χ0v) is 11.9. The van der Waals surface area contributed by atoms with Gasteiger partial charge < -0.3 is 4.74 Å². The van der Waals surface area contributed by atoms with Gasteiger partial charge in [-0.15, -0.1) is 0 Å². The number of benzene rings is 2. The molecule has 0 aromatic heterocycles. The van der Waals surface area contributed by atoms with E-state index in [0.717, 1.165) is 18.2 Å². The first-order valence-corrected chi connectivity index (χ1v) is 6.86. The van der Waals surface area contributed by atoms with Crippen molar-refractivity contribution in [3.63, 3.8) is 0 Å². The lowest BCUT2D eigenvalue weighted by molar-refractivity contribution is -0.120. The lowest BCUT2D eigenvalue weighted by Gasteiger charge is -2.26. The fraction of sp³-hybridized carbons (Fsp3) is 0.125. The van der Waals surface area contributed by atoms with Gasteiger partial charge in [0.25, 0.3) is 0 Å². The Labute approximate surface area is 130 Å². The zero-order valence-electron chi connectivity index (χ0n) is 11.9. The minimum Gasteiger partial charge on any atom is -0.457 e. The number of halogens is 2. The summed E-state index contributed by atoms with van der Waals surface area (Å²) < 4.78 is 31.6. The van der Waals surface area contributed by atoms with Gasteiger partial charge in [-0.05, 0) is 24.3 Å². The van der Waals surface area contributed by atoms with Gasteiger partial charge in [0.2, 0.25) is 5.91 Å². The molecule has 3 rings (SSSR count). The second-order valence-electron chi connectivity index (χ2n) is 4.96. The average molecular weight is 318 g/mol. The minimum atomic E-state index is -0.730. The number of hydrogen-bond donors (Lipinski definition) is 1. The molecule has 3 amide bonds. The van der Waals surface area contributed by atoms with E-state index in [0.29, 0.717) is 18.0 Å². The van der Waals surface area contributed by atoms with Gasteiger partial charge >= 0.3 is 6.03 Å². The fourth-order valence-corrected chi connectivity index (χ4v) is 2.23. The van der Waals surface area contributed by atoms with Crippen LogP contribution >= 0.6 is 0 Å². The minimum absolute atomic E-state index is 0.0385. The van der Waals surface area contributed by atoms with Crippen LogP contribution in [-0.4, -0.2) is 18.5 Å². The molecule has 0 spiro atoms. The van der Waals surface area contributed by atoms with E-state index in [1.54, 1.807) is 24.3 Å². The molecule has 1 aliphatic rings. The van der Waals surface area contributed by atoms with Crippen LogP contribution in [0.1, 0.15) is 6.42 Å². The summed E-state index contributed by atoms with van der Waals surface area (Å²) >= 11 is 0. The van der Waals surface area contributed by atoms with Crippen molar-refractivity contribution < 1.29 is 23.1 Å². The molecule has 0 radical (unpaired) electrons. The van der Waals surface area contributed by atoms with Crippen molar-refractivity contribution in [3.05, 3.63) is 54.1 Å². The molecule has 5 nitrogen and oxygen atoms in total. The maximum atomic E-state index is 13.1. The van der Waals surface area contributed by atoms with Crippen molar-refractivity contribution in [2.45, 2.75) is 6.42 Å². The molecule has 23 heavy (non-hydrogen) atoms. The van der Waals surface area contributed by atoms with E-state index in [-0.39, 0.29) is 18.1 Å². The van der Waals surface area contributed by atoms with E-state index in [1.807, 2.05) is 0 Å². The number of amides is 3. The highest BCUT2D eigenvalue weighted by Crippen LogP contribution is 2.26. The van der Waals surface area contributed by atoms with Crippen LogP contribution < -0.4 is 15.0 Å². The third kappa shape index (κ3) is 3.45. The molecule has 2 aromatic carbocycles. The molecule has 0 saturated carbocycles. The molecule has 1 aliphatic heterocycles. The van der Waals surface area contributed by atoms with Crippen molar-refractivity contribution in [1.29, 1.82) is 0 Å². The summed E-state index contributed by atoms with van der Waals surface area (Å²) in [5.74, 6) is -1.36. The first kappa shape index (κ1) is 15.0. The third-order valence-electron chi connectivity index (χ3n) is 3.27. The molecule has 1 saturated heterocycles. The van der Waals surface area contributed by atoms with Crippen LogP contribution in [0.25, 0.3) is 0 Å². The van der Waals surface area contributed by atoms with Gasteiger partial charge in [-0.3, -0.25) is 15.0 Å². The Balaban J connectivity index is 1.74. The Bertz CT molecular complexity index is 742. The monoisotopic (exact) mass is 318 g/mol. The number of anilines is 1. The highest BCUT2D eigenvalue weighted by molar-refractivity contribution is 6.05. The van der Waals surface area contributed by atoms with Crippen LogP contribution in [0.15, 0.2) is 42.5 Å².